The van der Waals surface area contributed by atoms with E-state index in [1.165, 1.54) is 11.1 Å². The number of hydrogen-bond donors (Lipinski definition) is 1. The number of aryl methyl sites for hydroxylation is 1. The van der Waals surface area contributed by atoms with E-state index in [0.29, 0.717) is 19.6 Å². The highest BCUT2D eigenvalue weighted by Gasteiger charge is 2.23. The minimum Gasteiger partial charge on any atom is -0.486 e. The summed E-state index contributed by atoms with van der Waals surface area (Å²) >= 11 is 0. The normalized spacial score (nSPS) is 16.4. The molecule has 5 rings (SSSR count). The summed E-state index contributed by atoms with van der Waals surface area (Å²) < 4.78 is 13.5. The molecule has 0 fully saturated rings. The molecular weight excluding hydrogens is 430 g/mol. The second-order valence-electron chi connectivity index (χ2n) is 8.91. The van der Waals surface area contributed by atoms with Crippen LogP contribution in [0, 0.1) is 0 Å². The van der Waals surface area contributed by atoms with Crippen molar-refractivity contribution in [1.82, 2.24) is 25.0 Å². The first-order valence-electron chi connectivity index (χ1n) is 12.0. The SMILES string of the molecule is C[C@H](NC(=O)CCc1ccccc1)c1nnc2n1CCN(Cc1ccc3c(c1)OCCO3)CC2. The number of carbonyl (C=O) groups excluding carboxylic acids is 1. The van der Waals surface area contributed by atoms with Crippen molar-refractivity contribution in [3.63, 3.8) is 0 Å². The van der Waals surface area contributed by atoms with Crippen LogP contribution in [0.1, 0.15) is 42.2 Å². The zero-order valence-corrected chi connectivity index (χ0v) is 19.6. The van der Waals surface area contributed by atoms with Gasteiger partial charge in [-0.25, -0.2) is 0 Å². The van der Waals surface area contributed by atoms with E-state index in [2.05, 4.69) is 37.1 Å². The molecule has 1 atom stereocenters. The Morgan fingerprint density at radius 1 is 1.00 bits per heavy atom. The second kappa shape index (κ2) is 10.3. The van der Waals surface area contributed by atoms with Crippen LogP contribution in [0.3, 0.4) is 0 Å². The molecule has 0 saturated carbocycles. The van der Waals surface area contributed by atoms with Crippen LogP contribution in [0.4, 0.5) is 0 Å². The lowest BCUT2D eigenvalue weighted by molar-refractivity contribution is -0.121. The molecule has 178 valence electrons. The Balaban J connectivity index is 1.17. The van der Waals surface area contributed by atoms with Gasteiger partial charge in [0.05, 0.1) is 6.04 Å². The van der Waals surface area contributed by atoms with Crippen molar-refractivity contribution in [2.75, 3.05) is 26.3 Å². The number of nitrogens with zero attached hydrogens (tertiary/aromatic N) is 4. The number of carbonyl (C=O) groups is 1. The Bertz CT molecular complexity index is 1130. The maximum absolute atomic E-state index is 12.5. The Hall–Kier alpha value is -3.39. The van der Waals surface area contributed by atoms with Gasteiger partial charge < -0.3 is 19.4 Å². The lowest BCUT2D eigenvalue weighted by atomic mass is 10.1. The molecule has 0 radical (unpaired) electrons. The molecule has 2 aliphatic rings. The van der Waals surface area contributed by atoms with Gasteiger partial charge in [0.15, 0.2) is 17.3 Å². The van der Waals surface area contributed by atoms with Crippen LogP contribution in [0.5, 0.6) is 11.5 Å². The number of ether oxygens (including phenoxy) is 2. The Morgan fingerprint density at radius 3 is 2.68 bits per heavy atom. The second-order valence-corrected chi connectivity index (χ2v) is 8.91. The van der Waals surface area contributed by atoms with Gasteiger partial charge >= 0.3 is 0 Å². The van der Waals surface area contributed by atoms with Crippen molar-refractivity contribution >= 4 is 5.91 Å². The van der Waals surface area contributed by atoms with Crippen LogP contribution >= 0.6 is 0 Å². The van der Waals surface area contributed by atoms with Gasteiger partial charge in [-0.15, -0.1) is 10.2 Å². The van der Waals surface area contributed by atoms with Crippen molar-refractivity contribution < 1.29 is 14.3 Å². The number of benzene rings is 2. The number of rotatable bonds is 7. The summed E-state index contributed by atoms with van der Waals surface area (Å²) in [6, 6.07) is 16.1. The zero-order valence-electron chi connectivity index (χ0n) is 19.6. The fourth-order valence-electron chi connectivity index (χ4n) is 4.59. The molecule has 1 N–H and O–H groups in total. The maximum Gasteiger partial charge on any atom is 0.220 e. The van der Waals surface area contributed by atoms with Crippen molar-refractivity contribution in [1.29, 1.82) is 0 Å². The third-order valence-corrected chi connectivity index (χ3v) is 6.41. The highest BCUT2D eigenvalue weighted by molar-refractivity contribution is 5.76. The first kappa shape index (κ1) is 22.4. The van der Waals surface area contributed by atoms with Crippen molar-refractivity contribution in [2.24, 2.45) is 0 Å². The predicted molar refractivity (Wildman–Crippen MR) is 128 cm³/mol. The molecule has 0 aliphatic carbocycles. The number of hydrogen-bond acceptors (Lipinski definition) is 6. The predicted octanol–water partition coefficient (Wildman–Crippen LogP) is 2.92. The van der Waals surface area contributed by atoms with Gasteiger partial charge in [-0.2, -0.15) is 0 Å². The number of amides is 1. The molecule has 1 amide bonds. The van der Waals surface area contributed by atoms with E-state index >= 15 is 0 Å². The molecule has 0 unspecified atom stereocenters. The molecule has 2 aromatic carbocycles. The molecule has 34 heavy (non-hydrogen) atoms. The van der Waals surface area contributed by atoms with Crippen LogP contribution in [-0.2, 0) is 30.7 Å². The Kier molecular flexibility index (Phi) is 6.76. The highest BCUT2D eigenvalue weighted by atomic mass is 16.6. The zero-order chi connectivity index (χ0) is 23.3. The summed E-state index contributed by atoms with van der Waals surface area (Å²) in [6.45, 7) is 6.62. The van der Waals surface area contributed by atoms with E-state index < -0.39 is 0 Å². The summed E-state index contributed by atoms with van der Waals surface area (Å²) in [7, 11) is 0. The van der Waals surface area contributed by atoms with Gasteiger partial charge in [-0.3, -0.25) is 9.69 Å². The topological polar surface area (TPSA) is 81.5 Å². The molecule has 3 heterocycles. The van der Waals surface area contributed by atoms with Crippen molar-refractivity contribution in [2.45, 2.75) is 45.3 Å². The third kappa shape index (κ3) is 5.22. The molecule has 1 aromatic heterocycles. The smallest absolute Gasteiger partial charge is 0.220 e. The minimum atomic E-state index is -0.186. The minimum absolute atomic E-state index is 0.0301. The van der Waals surface area contributed by atoms with Gasteiger partial charge in [0, 0.05) is 39.0 Å². The van der Waals surface area contributed by atoms with E-state index in [0.717, 1.165) is 62.2 Å². The average molecular weight is 462 g/mol. The lowest BCUT2D eigenvalue weighted by Crippen LogP contribution is -2.30. The van der Waals surface area contributed by atoms with E-state index in [1.807, 2.05) is 43.3 Å². The van der Waals surface area contributed by atoms with Crippen LogP contribution in [0.15, 0.2) is 48.5 Å². The molecule has 8 heteroatoms. The largest absolute Gasteiger partial charge is 0.486 e. The molecule has 2 aliphatic heterocycles. The van der Waals surface area contributed by atoms with Crippen LogP contribution in [0.25, 0.3) is 0 Å². The van der Waals surface area contributed by atoms with E-state index in [1.54, 1.807) is 0 Å². The van der Waals surface area contributed by atoms with Gasteiger partial charge in [-0.05, 0) is 36.6 Å². The molecule has 8 nitrogen and oxygen atoms in total. The first-order chi connectivity index (χ1) is 16.7. The van der Waals surface area contributed by atoms with Gasteiger partial charge in [-0.1, -0.05) is 36.4 Å². The van der Waals surface area contributed by atoms with E-state index in [-0.39, 0.29) is 11.9 Å². The van der Waals surface area contributed by atoms with Gasteiger partial charge in [0.25, 0.3) is 0 Å². The molecular formula is C26H31N5O3. The summed E-state index contributed by atoms with van der Waals surface area (Å²) in [5, 5.41) is 12.0. The summed E-state index contributed by atoms with van der Waals surface area (Å²) in [4.78, 5) is 14.9. The van der Waals surface area contributed by atoms with Crippen LogP contribution in [-0.4, -0.2) is 51.9 Å². The van der Waals surface area contributed by atoms with E-state index in [4.69, 9.17) is 9.47 Å². The third-order valence-electron chi connectivity index (χ3n) is 6.41. The lowest BCUT2D eigenvalue weighted by Gasteiger charge is -2.22. The summed E-state index contributed by atoms with van der Waals surface area (Å²) in [6.07, 6.45) is 2.01. The van der Waals surface area contributed by atoms with Gasteiger partial charge in [0.1, 0.15) is 19.0 Å². The highest BCUT2D eigenvalue weighted by Crippen LogP contribution is 2.31. The van der Waals surface area contributed by atoms with Crippen molar-refractivity contribution in [3.05, 3.63) is 71.3 Å². The number of fused-ring (bicyclic) bond motifs is 2. The molecule has 0 saturated heterocycles. The molecule has 0 bridgehead atoms. The molecule has 3 aromatic rings. The van der Waals surface area contributed by atoms with Crippen LogP contribution in [0.2, 0.25) is 0 Å². The number of aromatic nitrogens is 3. The monoisotopic (exact) mass is 461 g/mol. The average Bonchev–Trinajstić information content (AvgIpc) is 3.18. The first-order valence-corrected chi connectivity index (χ1v) is 12.0. The fraction of sp³-hybridized carbons (Fsp3) is 0.423. The Morgan fingerprint density at radius 2 is 1.82 bits per heavy atom. The maximum atomic E-state index is 12.5. The van der Waals surface area contributed by atoms with Crippen molar-refractivity contribution in [3.8, 4) is 11.5 Å². The number of nitrogens with one attached hydrogen (secondary N) is 1. The summed E-state index contributed by atoms with van der Waals surface area (Å²) in [5.74, 6) is 3.48. The van der Waals surface area contributed by atoms with E-state index in [9.17, 15) is 4.79 Å². The fourth-order valence-corrected chi connectivity index (χ4v) is 4.59. The Labute approximate surface area is 199 Å². The van der Waals surface area contributed by atoms with Gasteiger partial charge in [0.2, 0.25) is 5.91 Å². The molecule has 0 spiro atoms. The quantitative estimate of drug-likeness (QED) is 0.583. The van der Waals surface area contributed by atoms with Crippen LogP contribution < -0.4 is 14.8 Å². The standard InChI is InChI=1S/C26H31N5O3/c1-19(27-25(32)10-8-20-5-3-2-4-6-20)26-29-28-24-11-12-30(13-14-31(24)26)18-21-7-9-22-23(17-21)34-16-15-33-22/h2-7,9,17,19H,8,10-16,18H2,1H3,(H,27,32)/t19-/m0/s1. The summed E-state index contributed by atoms with van der Waals surface area (Å²) in [5.41, 5.74) is 2.38.